The van der Waals surface area contributed by atoms with E-state index >= 15 is 0 Å². The first-order chi connectivity index (χ1) is 11.2. The van der Waals surface area contributed by atoms with Gasteiger partial charge in [-0.25, -0.2) is 21.9 Å². The van der Waals surface area contributed by atoms with E-state index in [2.05, 4.69) is 5.32 Å². The van der Waals surface area contributed by atoms with Crippen LogP contribution < -0.4 is 10.0 Å². The molecule has 0 spiro atoms. The second kappa shape index (κ2) is 7.43. The van der Waals surface area contributed by atoms with E-state index in [0.29, 0.717) is 6.07 Å². The molecule has 1 amide bonds. The average molecular weight is 395 g/mol. The topological polar surface area (TPSA) is 75.3 Å². The molecule has 0 radical (unpaired) electrons. The Morgan fingerprint density at radius 2 is 1.79 bits per heavy atom. The number of hydrogen-bond acceptors (Lipinski definition) is 3. The molecule has 0 aliphatic heterocycles. The van der Waals surface area contributed by atoms with E-state index in [1.54, 1.807) is 0 Å². The van der Waals surface area contributed by atoms with Crippen LogP contribution in [0.2, 0.25) is 10.0 Å². The molecular weight excluding hydrogens is 385 g/mol. The molecule has 0 atom stereocenters. The van der Waals surface area contributed by atoms with Crippen LogP contribution in [0.1, 0.15) is 0 Å². The molecule has 10 heteroatoms. The molecule has 0 heterocycles. The molecular formula is C14H10Cl2F2N2O3S. The number of hydrogen-bond donors (Lipinski definition) is 2. The summed E-state index contributed by atoms with van der Waals surface area (Å²) in [6, 6.07) is 6.40. The molecule has 0 aliphatic carbocycles. The van der Waals surface area contributed by atoms with Crippen molar-refractivity contribution < 1.29 is 22.0 Å². The number of carbonyl (C=O) groups is 1. The minimum absolute atomic E-state index is 0.0723. The van der Waals surface area contributed by atoms with Crippen LogP contribution >= 0.6 is 23.2 Å². The van der Waals surface area contributed by atoms with Crippen molar-refractivity contribution in [2.24, 2.45) is 0 Å². The summed E-state index contributed by atoms with van der Waals surface area (Å²) in [5.74, 6) is -2.63. The van der Waals surface area contributed by atoms with E-state index in [1.165, 1.54) is 12.1 Å². The van der Waals surface area contributed by atoms with Crippen LogP contribution in [-0.2, 0) is 14.8 Å². The number of carbonyl (C=O) groups excluding carboxylic acids is 1. The summed E-state index contributed by atoms with van der Waals surface area (Å²) in [7, 11) is -4.10. The normalized spacial score (nSPS) is 11.3. The first kappa shape index (κ1) is 18.6. The Hall–Kier alpha value is -1.74. The fraction of sp³-hybridized carbons (Fsp3) is 0.0714. The van der Waals surface area contributed by atoms with Gasteiger partial charge >= 0.3 is 0 Å². The summed E-state index contributed by atoms with van der Waals surface area (Å²) in [6.45, 7) is -0.679. The lowest BCUT2D eigenvalue weighted by atomic mass is 10.3. The van der Waals surface area contributed by atoms with Crippen molar-refractivity contribution in [3.05, 3.63) is 58.1 Å². The van der Waals surface area contributed by atoms with Gasteiger partial charge in [-0.2, -0.15) is 0 Å². The Morgan fingerprint density at radius 1 is 1.08 bits per heavy atom. The number of anilines is 1. The molecule has 0 saturated carbocycles. The number of sulfonamides is 1. The van der Waals surface area contributed by atoms with Gasteiger partial charge in [0.2, 0.25) is 15.9 Å². The molecule has 5 nitrogen and oxygen atoms in total. The van der Waals surface area contributed by atoms with Crippen molar-refractivity contribution in [2.75, 3.05) is 11.9 Å². The molecule has 2 rings (SSSR count). The highest BCUT2D eigenvalue weighted by molar-refractivity contribution is 7.89. The average Bonchev–Trinajstić information content (AvgIpc) is 2.50. The van der Waals surface area contributed by atoms with Crippen LogP contribution in [0.15, 0.2) is 41.3 Å². The SMILES string of the molecule is O=C(CNS(=O)(=O)c1cc(Cl)ccc1Cl)Nc1ccc(F)cc1F. The molecule has 2 aromatic rings. The van der Waals surface area contributed by atoms with Crippen molar-refractivity contribution in [3.63, 3.8) is 0 Å². The second-order valence-electron chi connectivity index (χ2n) is 4.57. The van der Waals surface area contributed by atoms with Crippen LogP contribution in [0.3, 0.4) is 0 Å². The third-order valence-corrected chi connectivity index (χ3v) is 4.93. The molecule has 0 saturated heterocycles. The largest absolute Gasteiger partial charge is 0.322 e. The third kappa shape index (κ3) is 4.64. The Kier molecular flexibility index (Phi) is 5.76. The summed E-state index contributed by atoms with van der Waals surface area (Å²) in [6.07, 6.45) is 0. The highest BCUT2D eigenvalue weighted by Crippen LogP contribution is 2.24. The minimum atomic E-state index is -4.10. The zero-order chi connectivity index (χ0) is 17.9. The molecule has 0 aromatic heterocycles. The third-order valence-electron chi connectivity index (χ3n) is 2.81. The summed E-state index contributed by atoms with van der Waals surface area (Å²) in [4.78, 5) is 11.4. The van der Waals surface area contributed by atoms with Crippen LogP contribution in [-0.4, -0.2) is 20.9 Å². The fourth-order valence-electron chi connectivity index (χ4n) is 1.71. The Bertz CT molecular complexity index is 892. The van der Waals surface area contributed by atoms with Crippen LogP contribution in [0.25, 0.3) is 0 Å². The molecule has 2 aromatic carbocycles. The summed E-state index contributed by atoms with van der Waals surface area (Å²) in [5.41, 5.74) is -0.276. The smallest absolute Gasteiger partial charge is 0.242 e. The number of amides is 1. The van der Waals surface area contributed by atoms with Gasteiger partial charge in [-0.15, -0.1) is 0 Å². The highest BCUT2D eigenvalue weighted by Gasteiger charge is 2.19. The maximum absolute atomic E-state index is 13.4. The van der Waals surface area contributed by atoms with Crippen molar-refractivity contribution in [3.8, 4) is 0 Å². The van der Waals surface area contributed by atoms with Crippen LogP contribution in [0.4, 0.5) is 14.5 Å². The Morgan fingerprint density at radius 3 is 2.46 bits per heavy atom. The quantitative estimate of drug-likeness (QED) is 0.817. The van der Waals surface area contributed by atoms with Gasteiger partial charge in [0.1, 0.15) is 16.5 Å². The van der Waals surface area contributed by atoms with Gasteiger partial charge in [0.05, 0.1) is 17.3 Å². The Labute approximate surface area is 146 Å². The first-order valence-corrected chi connectivity index (χ1v) is 8.62. The van der Waals surface area contributed by atoms with Crippen molar-refractivity contribution in [1.82, 2.24) is 4.72 Å². The van der Waals surface area contributed by atoms with Crippen molar-refractivity contribution in [1.29, 1.82) is 0 Å². The van der Waals surface area contributed by atoms with Crippen LogP contribution in [0, 0.1) is 11.6 Å². The molecule has 128 valence electrons. The molecule has 24 heavy (non-hydrogen) atoms. The van der Waals surface area contributed by atoms with Gasteiger partial charge in [-0.3, -0.25) is 4.79 Å². The number of benzene rings is 2. The lowest BCUT2D eigenvalue weighted by molar-refractivity contribution is -0.115. The molecule has 2 N–H and O–H groups in total. The standard InChI is InChI=1S/C14H10Cl2F2N2O3S/c15-8-1-3-10(16)13(5-8)24(22,23)19-7-14(21)20-12-4-2-9(17)6-11(12)18/h1-6,19H,7H2,(H,20,21). The van der Waals surface area contributed by atoms with Crippen molar-refractivity contribution >= 4 is 44.8 Å². The molecule has 0 bridgehead atoms. The molecule has 0 unspecified atom stereocenters. The monoisotopic (exact) mass is 394 g/mol. The summed E-state index contributed by atoms with van der Waals surface area (Å²) in [5, 5.41) is 2.20. The van der Waals surface area contributed by atoms with Crippen LogP contribution in [0.5, 0.6) is 0 Å². The first-order valence-electron chi connectivity index (χ1n) is 6.38. The zero-order valence-corrected chi connectivity index (χ0v) is 14.1. The molecule has 0 aliphatic rings. The predicted molar refractivity (Wildman–Crippen MR) is 86.6 cm³/mol. The maximum atomic E-state index is 13.4. The molecule has 0 fully saturated rings. The van der Waals surface area contributed by atoms with Gasteiger partial charge in [-0.1, -0.05) is 23.2 Å². The fourth-order valence-corrected chi connectivity index (χ4v) is 3.45. The van der Waals surface area contributed by atoms with E-state index in [4.69, 9.17) is 23.2 Å². The lowest BCUT2D eigenvalue weighted by Crippen LogP contribution is -2.33. The second-order valence-corrected chi connectivity index (χ2v) is 7.15. The van der Waals surface area contributed by atoms with Gasteiger partial charge in [0.25, 0.3) is 0 Å². The van der Waals surface area contributed by atoms with Gasteiger partial charge in [0, 0.05) is 11.1 Å². The summed E-state index contributed by atoms with van der Waals surface area (Å²) < 4.78 is 52.4. The number of rotatable bonds is 5. The van der Waals surface area contributed by atoms with Gasteiger partial charge < -0.3 is 5.32 Å². The van der Waals surface area contributed by atoms with E-state index in [1.807, 2.05) is 4.72 Å². The Balaban J connectivity index is 2.06. The van der Waals surface area contributed by atoms with E-state index in [-0.39, 0.29) is 20.6 Å². The van der Waals surface area contributed by atoms with Gasteiger partial charge in [-0.05, 0) is 30.3 Å². The van der Waals surface area contributed by atoms with Crippen molar-refractivity contribution in [2.45, 2.75) is 4.90 Å². The van der Waals surface area contributed by atoms with Gasteiger partial charge in [0.15, 0.2) is 0 Å². The van der Waals surface area contributed by atoms with E-state index in [9.17, 15) is 22.0 Å². The zero-order valence-electron chi connectivity index (χ0n) is 11.8. The minimum Gasteiger partial charge on any atom is -0.322 e. The van der Waals surface area contributed by atoms with E-state index in [0.717, 1.165) is 18.2 Å². The number of halogens is 4. The van der Waals surface area contributed by atoms with E-state index < -0.39 is 34.1 Å². The highest BCUT2D eigenvalue weighted by atomic mass is 35.5. The maximum Gasteiger partial charge on any atom is 0.242 e. The summed E-state index contributed by atoms with van der Waals surface area (Å²) >= 11 is 11.5. The number of nitrogens with one attached hydrogen (secondary N) is 2. The lowest BCUT2D eigenvalue weighted by Gasteiger charge is -2.10. The predicted octanol–water partition coefficient (Wildman–Crippen LogP) is 3.19.